The Morgan fingerprint density at radius 2 is 1.96 bits per heavy atom. The highest BCUT2D eigenvalue weighted by molar-refractivity contribution is 7.99. The molecule has 2 unspecified atom stereocenters. The van der Waals surface area contributed by atoms with Crippen LogP contribution in [0.3, 0.4) is 0 Å². The number of aryl methyl sites for hydroxylation is 1. The number of fused-ring (bicyclic) bond motifs is 1. The van der Waals surface area contributed by atoms with E-state index in [-0.39, 0.29) is 17.2 Å². The molecule has 2 aliphatic rings. The van der Waals surface area contributed by atoms with E-state index >= 15 is 0 Å². The fraction of sp³-hybridized carbons (Fsp3) is 0.312. The van der Waals surface area contributed by atoms with Crippen LogP contribution < -0.4 is 4.87 Å². The van der Waals surface area contributed by atoms with Gasteiger partial charge in [-0.15, -0.1) is 11.8 Å². The van der Waals surface area contributed by atoms with Crippen molar-refractivity contribution in [1.29, 1.82) is 0 Å². The van der Waals surface area contributed by atoms with Crippen molar-refractivity contribution in [1.82, 2.24) is 4.98 Å². The molecule has 7 heteroatoms. The lowest BCUT2D eigenvalue weighted by Gasteiger charge is -2.36. The summed E-state index contributed by atoms with van der Waals surface area (Å²) in [6, 6.07) is 7.87. The van der Waals surface area contributed by atoms with Crippen LogP contribution in [-0.4, -0.2) is 22.7 Å². The second-order valence-corrected chi connectivity index (χ2v) is 7.94. The van der Waals surface area contributed by atoms with Crippen molar-refractivity contribution >= 4 is 35.0 Å². The predicted octanol–water partition coefficient (Wildman–Crippen LogP) is 2.44. The van der Waals surface area contributed by atoms with E-state index in [0.717, 1.165) is 32.4 Å². The molecule has 3 heterocycles. The number of ether oxygens (including phenoxy) is 1. The molecule has 1 fully saturated rings. The molecule has 118 valence electrons. The van der Waals surface area contributed by atoms with Crippen LogP contribution in [0.4, 0.5) is 0 Å². The summed E-state index contributed by atoms with van der Waals surface area (Å²) in [5.41, 5.74) is 1.12. The average molecular weight is 347 g/mol. The lowest BCUT2D eigenvalue weighted by atomic mass is 9.71. The Hall–Kier alpha value is -1.86. The number of carbonyl (C=O) groups excluding carboxylic acids is 2. The van der Waals surface area contributed by atoms with Gasteiger partial charge in [-0.1, -0.05) is 41.2 Å². The van der Waals surface area contributed by atoms with Crippen molar-refractivity contribution in [2.45, 2.75) is 24.3 Å². The summed E-state index contributed by atoms with van der Waals surface area (Å²) in [5.74, 6) is -0.871. The molecule has 1 aromatic carbocycles. The molecule has 1 N–H and O–H groups in total. The zero-order valence-electron chi connectivity index (χ0n) is 12.3. The van der Waals surface area contributed by atoms with E-state index in [4.69, 9.17) is 4.74 Å². The van der Waals surface area contributed by atoms with Crippen molar-refractivity contribution < 1.29 is 14.3 Å². The topological polar surface area (TPSA) is 76.2 Å². The van der Waals surface area contributed by atoms with Crippen LogP contribution >= 0.6 is 23.1 Å². The Labute approximate surface area is 140 Å². The molecule has 1 saturated heterocycles. The number of nitrogens with one attached hydrogen (secondary N) is 1. The Balaban J connectivity index is 1.94. The third-order valence-corrected chi connectivity index (χ3v) is 6.76. The van der Waals surface area contributed by atoms with E-state index in [0.29, 0.717) is 5.75 Å². The Bertz CT molecular complexity index is 867. The largest absolute Gasteiger partial charge is 0.393 e. The first-order valence-electron chi connectivity index (χ1n) is 7.17. The number of hydrogen-bond acceptors (Lipinski definition) is 6. The Morgan fingerprint density at radius 3 is 2.61 bits per heavy atom. The van der Waals surface area contributed by atoms with Gasteiger partial charge >= 0.3 is 16.8 Å². The maximum Gasteiger partial charge on any atom is 0.322 e. The van der Waals surface area contributed by atoms with Crippen LogP contribution in [0.5, 0.6) is 0 Å². The van der Waals surface area contributed by atoms with Gasteiger partial charge in [-0.2, -0.15) is 0 Å². The zero-order chi connectivity index (χ0) is 16.2. The van der Waals surface area contributed by atoms with Crippen LogP contribution in [0.1, 0.15) is 28.3 Å². The van der Waals surface area contributed by atoms with Crippen molar-refractivity contribution in [3.63, 3.8) is 0 Å². The van der Waals surface area contributed by atoms with Crippen LogP contribution in [-0.2, 0) is 14.3 Å². The number of H-pyrrole nitrogens is 1. The number of aromatic amines is 1. The molecule has 2 aromatic rings. The molecule has 5 nitrogen and oxygen atoms in total. The molecule has 0 bridgehead atoms. The molecule has 0 amide bonds. The molecule has 23 heavy (non-hydrogen) atoms. The van der Waals surface area contributed by atoms with Crippen LogP contribution in [0.25, 0.3) is 0 Å². The number of benzene rings is 1. The number of thiazole rings is 1. The quantitative estimate of drug-likeness (QED) is 0.633. The number of rotatable bonds is 1. The minimum absolute atomic E-state index is 0.0584. The highest BCUT2D eigenvalue weighted by Gasteiger charge is 2.58. The van der Waals surface area contributed by atoms with Crippen LogP contribution in [0, 0.1) is 12.3 Å². The number of aromatic nitrogens is 1. The smallest absolute Gasteiger partial charge is 0.322 e. The van der Waals surface area contributed by atoms with Gasteiger partial charge in [0.05, 0.1) is 11.4 Å². The fourth-order valence-corrected chi connectivity index (χ4v) is 5.84. The van der Waals surface area contributed by atoms with Gasteiger partial charge in [0.2, 0.25) is 0 Å². The molecule has 0 radical (unpaired) electrons. The van der Waals surface area contributed by atoms with E-state index < -0.39 is 17.4 Å². The second kappa shape index (κ2) is 5.07. The molecule has 1 aromatic heterocycles. The Kier molecular flexibility index (Phi) is 3.24. The van der Waals surface area contributed by atoms with Crippen LogP contribution in [0.2, 0.25) is 0 Å². The molecular formula is C16H13NO4S2. The van der Waals surface area contributed by atoms with Gasteiger partial charge in [-0.25, -0.2) is 0 Å². The SMILES string of the molecule is Cc1ccc(C2c3sc(=O)[nH]c3SCC23CC(=O)OC3=O)cc1. The Morgan fingerprint density at radius 1 is 1.22 bits per heavy atom. The lowest BCUT2D eigenvalue weighted by molar-refractivity contribution is -0.155. The number of esters is 2. The van der Waals surface area contributed by atoms with E-state index in [1.807, 2.05) is 31.2 Å². The summed E-state index contributed by atoms with van der Waals surface area (Å²) in [6.45, 7) is 1.99. The standard InChI is InChI=1S/C16H13NO4S2/c1-8-2-4-9(5-3-8)11-12-13(17-15(20)23-12)22-7-16(11)6-10(18)21-14(16)19/h2-5,11H,6-7H2,1H3,(H,17,20). The van der Waals surface area contributed by atoms with Gasteiger partial charge in [0.25, 0.3) is 0 Å². The maximum atomic E-state index is 12.5. The third-order valence-electron chi connectivity index (χ3n) is 4.41. The fourth-order valence-electron chi connectivity index (χ4n) is 3.29. The van der Waals surface area contributed by atoms with Crippen LogP contribution in [0.15, 0.2) is 34.1 Å². The summed E-state index contributed by atoms with van der Waals surface area (Å²) >= 11 is 2.53. The highest BCUT2D eigenvalue weighted by atomic mass is 32.2. The van der Waals surface area contributed by atoms with Crippen molar-refractivity contribution in [3.05, 3.63) is 49.9 Å². The normalized spacial score (nSPS) is 26.4. The van der Waals surface area contributed by atoms with Crippen molar-refractivity contribution in [2.75, 3.05) is 5.75 Å². The number of cyclic esters (lactones) is 2. The molecule has 2 atom stereocenters. The highest BCUT2D eigenvalue weighted by Crippen LogP contribution is 2.56. The summed E-state index contributed by atoms with van der Waals surface area (Å²) in [6.07, 6.45) is 0.0584. The minimum atomic E-state index is -0.921. The van der Waals surface area contributed by atoms with Gasteiger partial charge in [-0.3, -0.25) is 14.4 Å². The molecule has 4 rings (SSSR count). The first-order chi connectivity index (χ1) is 11.0. The number of carbonyl (C=O) groups is 2. The van der Waals surface area contributed by atoms with E-state index in [2.05, 4.69) is 4.98 Å². The third kappa shape index (κ3) is 2.18. The van der Waals surface area contributed by atoms with Gasteiger partial charge < -0.3 is 9.72 Å². The first kappa shape index (κ1) is 14.7. The van der Waals surface area contributed by atoms with E-state index in [9.17, 15) is 14.4 Å². The van der Waals surface area contributed by atoms with Crippen molar-refractivity contribution in [2.24, 2.45) is 5.41 Å². The van der Waals surface area contributed by atoms with Gasteiger partial charge in [0.1, 0.15) is 5.41 Å². The molecular weight excluding hydrogens is 334 g/mol. The zero-order valence-corrected chi connectivity index (χ0v) is 13.9. The second-order valence-electron chi connectivity index (χ2n) is 5.93. The average Bonchev–Trinajstić information content (AvgIpc) is 3.00. The summed E-state index contributed by atoms with van der Waals surface area (Å²) in [7, 11) is 0. The van der Waals surface area contributed by atoms with E-state index in [1.54, 1.807) is 0 Å². The summed E-state index contributed by atoms with van der Waals surface area (Å²) < 4.78 is 4.88. The van der Waals surface area contributed by atoms with Gasteiger partial charge in [0.15, 0.2) is 0 Å². The number of hydrogen-bond donors (Lipinski definition) is 1. The van der Waals surface area contributed by atoms with Crippen molar-refractivity contribution in [3.8, 4) is 0 Å². The molecule has 1 spiro atoms. The molecule has 2 aliphatic heterocycles. The van der Waals surface area contributed by atoms with Gasteiger partial charge in [0, 0.05) is 16.5 Å². The summed E-state index contributed by atoms with van der Waals surface area (Å²) in [5, 5.41) is 0.795. The number of thioether (sulfide) groups is 1. The molecule has 0 saturated carbocycles. The maximum absolute atomic E-state index is 12.5. The summed E-state index contributed by atoms with van der Waals surface area (Å²) in [4.78, 5) is 39.6. The van der Waals surface area contributed by atoms with E-state index in [1.165, 1.54) is 11.8 Å². The monoisotopic (exact) mass is 347 g/mol. The lowest BCUT2D eigenvalue weighted by Crippen LogP contribution is -2.39. The predicted molar refractivity (Wildman–Crippen MR) is 86.8 cm³/mol. The first-order valence-corrected chi connectivity index (χ1v) is 8.97. The molecule has 0 aliphatic carbocycles. The van der Waals surface area contributed by atoms with Gasteiger partial charge in [-0.05, 0) is 12.5 Å². The minimum Gasteiger partial charge on any atom is -0.393 e.